The molecule has 6 rings (SSSR count). The maximum absolute atomic E-state index is 13.2. The zero-order valence-corrected chi connectivity index (χ0v) is 19.0. The van der Waals surface area contributed by atoms with Crippen molar-refractivity contribution >= 4 is 11.9 Å². The molecule has 0 spiro atoms. The molecule has 3 aromatic rings. The Balaban J connectivity index is 1.24. The van der Waals surface area contributed by atoms with Gasteiger partial charge in [-0.3, -0.25) is 9.89 Å². The van der Waals surface area contributed by atoms with E-state index in [0.29, 0.717) is 24.5 Å². The van der Waals surface area contributed by atoms with Crippen molar-refractivity contribution in [2.75, 3.05) is 31.1 Å². The number of H-pyrrole nitrogens is 1. The third kappa shape index (κ3) is 3.69. The summed E-state index contributed by atoms with van der Waals surface area (Å²) >= 11 is 0. The predicted molar refractivity (Wildman–Crippen MR) is 122 cm³/mol. The maximum atomic E-state index is 13.2. The summed E-state index contributed by atoms with van der Waals surface area (Å²) in [7, 11) is 0. The zero-order chi connectivity index (χ0) is 22.4. The average Bonchev–Trinajstić information content (AvgIpc) is 3.64. The first-order chi connectivity index (χ1) is 16.2. The van der Waals surface area contributed by atoms with Gasteiger partial charge in [-0.1, -0.05) is 5.16 Å². The number of anilines is 1. The monoisotopic (exact) mass is 447 g/mol. The lowest BCUT2D eigenvalue weighted by Crippen LogP contribution is -2.38. The SMILES string of the molecule is Cc1cc(-c2cnc(N3CCCC3)nc2C2CCN(C(=O)c3n[nH]c4c3CCC4)CC2)on1. The van der Waals surface area contributed by atoms with Gasteiger partial charge in [-0.25, -0.2) is 9.97 Å². The Kier molecular flexibility index (Phi) is 5.11. The number of fused-ring (bicyclic) bond motifs is 1. The molecule has 33 heavy (non-hydrogen) atoms. The second-order valence-electron chi connectivity index (χ2n) is 9.44. The van der Waals surface area contributed by atoms with Gasteiger partial charge >= 0.3 is 0 Å². The minimum atomic E-state index is 0.0550. The van der Waals surface area contributed by atoms with Crippen LogP contribution >= 0.6 is 0 Å². The number of hydrogen-bond acceptors (Lipinski definition) is 7. The van der Waals surface area contributed by atoms with Crippen LogP contribution in [-0.2, 0) is 12.8 Å². The molecule has 172 valence electrons. The van der Waals surface area contributed by atoms with Gasteiger partial charge < -0.3 is 14.3 Å². The molecular weight excluding hydrogens is 418 g/mol. The van der Waals surface area contributed by atoms with Gasteiger partial charge in [-0.15, -0.1) is 0 Å². The van der Waals surface area contributed by atoms with Crippen LogP contribution in [0.3, 0.4) is 0 Å². The Bertz CT molecular complexity index is 1170. The third-order valence-electron chi connectivity index (χ3n) is 7.27. The van der Waals surface area contributed by atoms with Crippen molar-refractivity contribution in [2.24, 2.45) is 0 Å². The molecule has 2 fully saturated rings. The highest BCUT2D eigenvalue weighted by Crippen LogP contribution is 2.36. The molecule has 2 aliphatic heterocycles. The number of carbonyl (C=O) groups excluding carboxylic acids is 1. The predicted octanol–water partition coefficient (Wildman–Crippen LogP) is 3.27. The highest BCUT2D eigenvalue weighted by Gasteiger charge is 2.32. The van der Waals surface area contributed by atoms with E-state index in [-0.39, 0.29) is 11.8 Å². The van der Waals surface area contributed by atoms with Gasteiger partial charge in [-0.05, 0) is 51.9 Å². The van der Waals surface area contributed by atoms with Gasteiger partial charge in [0.25, 0.3) is 5.91 Å². The lowest BCUT2D eigenvalue weighted by Gasteiger charge is -2.32. The van der Waals surface area contributed by atoms with E-state index in [4.69, 9.17) is 9.51 Å². The number of carbonyl (C=O) groups is 1. The van der Waals surface area contributed by atoms with Crippen LogP contribution in [0.5, 0.6) is 0 Å². The lowest BCUT2D eigenvalue weighted by molar-refractivity contribution is 0.0705. The molecule has 0 unspecified atom stereocenters. The molecule has 0 radical (unpaired) electrons. The summed E-state index contributed by atoms with van der Waals surface area (Å²) in [6, 6.07) is 1.94. The first-order valence-electron chi connectivity index (χ1n) is 12.1. The fourth-order valence-corrected chi connectivity index (χ4v) is 5.45. The summed E-state index contributed by atoms with van der Waals surface area (Å²) in [5.74, 6) is 1.80. The van der Waals surface area contributed by atoms with E-state index in [2.05, 4.69) is 25.2 Å². The van der Waals surface area contributed by atoms with Crippen LogP contribution in [0.1, 0.15) is 71.2 Å². The standard InChI is InChI=1S/C24H29N7O2/c1-15-13-20(33-29-15)18-14-25-24(31-9-2-3-10-31)26-21(18)16-7-11-30(12-8-16)23(32)22-17-5-4-6-19(17)27-28-22/h13-14,16H,2-12H2,1H3,(H,27,28). The molecular formula is C24H29N7O2. The average molecular weight is 448 g/mol. The fraction of sp³-hybridized carbons (Fsp3) is 0.542. The Morgan fingerprint density at radius 3 is 2.70 bits per heavy atom. The number of likely N-dealkylation sites (tertiary alicyclic amines) is 1. The number of rotatable bonds is 4. The smallest absolute Gasteiger partial charge is 0.274 e. The number of nitrogens with one attached hydrogen (secondary N) is 1. The minimum Gasteiger partial charge on any atom is -0.356 e. The highest BCUT2D eigenvalue weighted by molar-refractivity contribution is 5.94. The molecule has 9 heteroatoms. The lowest BCUT2D eigenvalue weighted by atomic mass is 9.90. The highest BCUT2D eigenvalue weighted by atomic mass is 16.5. The molecule has 0 bridgehead atoms. The van der Waals surface area contributed by atoms with E-state index >= 15 is 0 Å². The van der Waals surface area contributed by atoms with Gasteiger partial charge in [0.05, 0.1) is 17.0 Å². The van der Waals surface area contributed by atoms with Crippen molar-refractivity contribution in [3.05, 3.63) is 40.6 Å². The van der Waals surface area contributed by atoms with Crippen molar-refractivity contribution in [1.82, 2.24) is 30.2 Å². The number of aromatic amines is 1. The van der Waals surface area contributed by atoms with Gasteiger partial charge in [0, 0.05) is 55.6 Å². The van der Waals surface area contributed by atoms with Crippen molar-refractivity contribution in [3.8, 4) is 11.3 Å². The van der Waals surface area contributed by atoms with E-state index in [1.54, 1.807) is 0 Å². The Hall–Kier alpha value is -3.23. The van der Waals surface area contributed by atoms with Crippen molar-refractivity contribution < 1.29 is 9.32 Å². The van der Waals surface area contributed by atoms with E-state index in [0.717, 1.165) is 79.4 Å². The number of nitrogens with zero attached hydrogens (tertiary/aromatic N) is 6. The van der Waals surface area contributed by atoms with Gasteiger partial charge in [-0.2, -0.15) is 5.10 Å². The molecule has 1 N–H and O–H groups in total. The Morgan fingerprint density at radius 2 is 1.94 bits per heavy atom. The van der Waals surface area contributed by atoms with Gasteiger partial charge in [0.1, 0.15) is 0 Å². The first-order valence-corrected chi connectivity index (χ1v) is 12.1. The Morgan fingerprint density at radius 1 is 1.12 bits per heavy atom. The summed E-state index contributed by atoms with van der Waals surface area (Å²) in [6.07, 6.45) is 9.00. The molecule has 0 saturated carbocycles. The summed E-state index contributed by atoms with van der Waals surface area (Å²) < 4.78 is 5.58. The minimum absolute atomic E-state index is 0.0550. The molecule has 3 aliphatic rings. The number of hydrogen-bond donors (Lipinski definition) is 1. The number of piperidine rings is 1. The first kappa shape index (κ1) is 20.4. The largest absolute Gasteiger partial charge is 0.356 e. The molecule has 2 saturated heterocycles. The Labute approximate surface area is 192 Å². The van der Waals surface area contributed by atoms with Crippen LogP contribution in [0.15, 0.2) is 16.8 Å². The van der Waals surface area contributed by atoms with Crippen LogP contribution in [0.25, 0.3) is 11.3 Å². The quantitative estimate of drug-likeness (QED) is 0.654. The van der Waals surface area contributed by atoms with Crippen LogP contribution < -0.4 is 4.90 Å². The summed E-state index contributed by atoms with van der Waals surface area (Å²) in [6.45, 7) is 5.32. The second-order valence-corrected chi connectivity index (χ2v) is 9.44. The number of amides is 1. The molecule has 5 heterocycles. The van der Waals surface area contributed by atoms with E-state index in [9.17, 15) is 4.79 Å². The molecule has 3 aromatic heterocycles. The summed E-state index contributed by atoms with van der Waals surface area (Å²) in [5.41, 5.74) is 5.64. The van der Waals surface area contributed by atoms with Gasteiger partial charge in [0.15, 0.2) is 11.5 Å². The van der Waals surface area contributed by atoms with E-state index < -0.39 is 0 Å². The molecule has 0 atom stereocenters. The van der Waals surface area contributed by atoms with Crippen LogP contribution in [0, 0.1) is 6.92 Å². The van der Waals surface area contributed by atoms with Crippen LogP contribution in [-0.4, -0.2) is 62.3 Å². The normalized spacial score (nSPS) is 18.8. The van der Waals surface area contributed by atoms with E-state index in [1.807, 2.05) is 24.1 Å². The van der Waals surface area contributed by atoms with Crippen molar-refractivity contribution in [1.29, 1.82) is 0 Å². The van der Waals surface area contributed by atoms with Crippen molar-refractivity contribution in [2.45, 2.75) is 57.8 Å². The number of aryl methyl sites for hydroxylation is 2. The molecule has 1 amide bonds. The third-order valence-corrected chi connectivity index (χ3v) is 7.27. The molecule has 9 nitrogen and oxygen atoms in total. The van der Waals surface area contributed by atoms with Crippen LogP contribution in [0.2, 0.25) is 0 Å². The van der Waals surface area contributed by atoms with Crippen molar-refractivity contribution in [3.63, 3.8) is 0 Å². The fourth-order valence-electron chi connectivity index (χ4n) is 5.45. The molecule has 1 aliphatic carbocycles. The summed E-state index contributed by atoms with van der Waals surface area (Å²) in [5, 5.41) is 11.5. The summed E-state index contributed by atoms with van der Waals surface area (Å²) in [4.78, 5) is 27.1. The molecule has 0 aromatic carbocycles. The van der Waals surface area contributed by atoms with Gasteiger partial charge in [0.2, 0.25) is 5.95 Å². The zero-order valence-electron chi connectivity index (χ0n) is 19.0. The van der Waals surface area contributed by atoms with E-state index in [1.165, 1.54) is 12.8 Å². The topological polar surface area (TPSA) is 104 Å². The van der Waals surface area contributed by atoms with Crippen LogP contribution in [0.4, 0.5) is 5.95 Å². The number of aromatic nitrogens is 5. The maximum Gasteiger partial charge on any atom is 0.274 e. The second kappa shape index (κ2) is 8.28.